The van der Waals surface area contributed by atoms with Crippen LogP contribution in [0.2, 0.25) is 0 Å². The molecule has 0 aliphatic carbocycles. The molecular weight excluding hydrogens is 400 g/mol. The maximum Gasteiger partial charge on any atom is 0.243 e. The Labute approximate surface area is 176 Å². The van der Waals surface area contributed by atoms with Gasteiger partial charge in [-0.25, -0.2) is 8.42 Å². The quantitative estimate of drug-likeness (QED) is 0.546. The minimum atomic E-state index is -3.84. The maximum absolute atomic E-state index is 12.7. The monoisotopic (exact) mass is 424 g/mol. The van der Waals surface area contributed by atoms with E-state index in [0.717, 1.165) is 20.6 Å². The highest BCUT2D eigenvalue weighted by Gasteiger charge is 2.24. The van der Waals surface area contributed by atoms with Crippen LogP contribution in [0.5, 0.6) is 0 Å². The number of hydrogen-bond donors (Lipinski definition) is 0. The van der Waals surface area contributed by atoms with Crippen molar-refractivity contribution < 1.29 is 18.0 Å². The number of Topliss-reactive ketones (excluding diaryl/α,β-unsaturated/α-hetero) is 1. The highest BCUT2D eigenvalue weighted by molar-refractivity contribution is 7.89. The number of likely N-dealkylation sites (N-methyl/N-ethyl adjacent to an activating group) is 2. The zero-order chi connectivity index (χ0) is 21.9. The molecule has 30 heavy (non-hydrogen) atoms. The van der Waals surface area contributed by atoms with Gasteiger partial charge in [0, 0.05) is 26.2 Å². The number of amides is 1. The smallest absolute Gasteiger partial charge is 0.243 e. The number of carbonyl (C=O) groups is 2. The van der Waals surface area contributed by atoms with Gasteiger partial charge >= 0.3 is 0 Å². The lowest BCUT2D eigenvalue weighted by Gasteiger charge is -2.22. The zero-order valence-electron chi connectivity index (χ0n) is 17.2. The molecule has 0 aliphatic rings. The standard InChI is InChI=1S/C23H24N2O4S/c1-17(26)19-10-12-22(13-11-19)30(28,29)25(3)16-23(27)24(2)15-18-8-9-20-6-4-5-7-21(20)14-18/h4-14H,15-16H2,1-3H3. The van der Waals surface area contributed by atoms with Crippen molar-refractivity contribution in [3.05, 3.63) is 77.9 Å². The second-order valence-corrected chi connectivity index (χ2v) is 9.32. The molecule has 0 heterocycles. The van der Waals surface area contributed by atoms with Crippen LogP contribution in [0, 0.1) is 0 Å². The molecule has 0 atom stereocenters. The first-order chi connectivity index (χ1) is 14.2. The Morgan fingerprint density at radius 3 is 2.13 bits per heavy atom. The molecule has 0 aliphatic heterocycles. The Bertz CT molecular complexity index is 1190. The lowest BCUT2D eigenvalue weighted by atomic mass is 10.1. The first-order valence-corrected chi connectivity index (χ1v) is 10.9. The van der Waals surface area contributed by atoms with Gasteiger partial charge in [0.2, 0.25) is 15.9 Å². The average Bonchev–Trinajstić information content (AvgIpc) is 2.73. The summed E-state index contributed by atoms with van der Waals surface area (Å²) in [6.45, 7) is 1.52. The lowest BCUT2D eigenvalue weighted by molar-refractivity contribution is -0.130. The largest absolute Gasteiger partial charge is 0.340 e. The Morgan fingerprint density at radius 1 is 0.867 bits per heavy atom. The molecule has 3 rings (SSSR count). The highest BCUT2D eigenvalue weighted by Crippen LogP contribution is 2.18. The fourth-order valence-corrected chi connectivity index (χ4v) is 4.26. The first kappa shape index (κ1) is 21.7. The topological polar surface area (TPSA) is 74.8 Å². The van der Waals surface area contributed by atoms with Crippen molar-refractivity contribution in [2.45, 2.75) is 18.4 Å². The molecule has 156 valence electrons. The van der Waals surface area contributed by atoms with E-state index in [9.17, 15) is 18.0 Å². The van der Waals surface area contributed by atoms with Crippen LogP contribution < -0.4 is 0 Å². The molecule has 0 radical (unpaired) electrons. The van der Waals surface area contributed by atoms with E-state index in [4.69, 9.17) is 0 Å². The summed E-state index contributed by atoms with van der Waals surface area (Å²) in [4.78, 5) is 25.5. The van der Waals surface area contributed by atoms with Crippen LogP contribution in [0.1, 0.15) is 22.8 Å². The third-order valence-electron chi connectivity index (χ3n) is 4.99. The molecule has 0 fully saturated rings. The predicted octanol–water partition coefficient (Wildman–Crippen LogP) is 3.32. The summed E-state index contributed by atoms with van der Waals surface area (Å²) < 4.78 is 26.5. The number of sulfonamides is 1. The molecule has 3 aromatic carbocycles. The van der Waals surface area contributed by atoms with Crippen molar-refractivity contribution in [2.24, 2.45) is 0 Å². The van der Waals surface area contributed by atoms with Crippen molar-refractivity contribution in [1.29, 1.82) is 0 Å². The Kier molecular flexibility index (Phi) is 6.34. The summed E-state index contributed by atoms with van der Waals surface area (Å²) in [5.74, 6) is -0.451. The van der Waals surface area contributed by atoms with E-state index in [1.54, 1.807) is 7.05 Å². The van der Waals surface area contributed by atoms with Crippen LogP contribution in [0.4, 0.5) is 0 Å². The van der Waals surface area contributed by atoms with Crippen molar-refractivity contribution in [3.63, 3.8) is 0 Å². The zero-order valence-corrected chi connectivity index (χ0v) is 18.0. The summed E-state index contributed by atoms with van der Waals surface area (Å²) in [5.41, 5.74) is 1.40. The molecule has 3 aromatic rings. The van der Waals surface area contributed by atoms with Crippen LogP contribution >= 0.6 is 0 Å². The molecule has 0 saturated carbocycles. The fourth-order valence-electron chi connectivity index (χ4n) is 3.14. The van der Waals surface area contributed by atoms with Gasteiger partial charge in [0.05, 0.1) is 11.4 Å². The van der Waals surface area contributed by atoms with Gasteiger partial charge in [-0.05, 0) is 41.5 Å². The number of fused-ring (bicyclic) bond motifs is 1. The molecule has 0 aromatic heterocycles. The van der Waals surface area contributed by atoms with Gasteiger partial charge in [0.1, 0.15) is 0 Å². The number of rotatable bonds is 7. The number of nitrogens with zero attached hydrogens (tertiary/aromatic N) is 2. The van der Waals surface area contributed by atoms with Gasteiger partial charge in [-0.3, -0.25) is 9.59 Å². The minimum absolute atomic E-state index is 0.0417. The Balaban J connectivity index is 1.67. The summed E-state index contributed by atoms with van der Waals surface area (Å²) in [5, 5.41) is 2.21. The number of carbonyl (C=O) groups excluding carboxylic acids is 2. The van der Waals surface area contributed by atoms with Gasteiger partial charge < -0.3 is 4.90 Å². The molecule has 0 saturated heterocycles. The molecule has 1 amide bonds. The van der Waals surface area contributed by atoms with Crippen LogP contribution in [0.25, 0.3) is 10.8 Å². The SMILES string of the molecule is CC(=O)c1ccc(S(=O)(=O)N(C)CC(=O)N(C)Cc2ccc3ccccc3c2)cc1. The molecule has 0 N–H and O–H groups in total. The number of hydrogen-bond acceptors (Lipinski definition) is 4. The van der Waals surface area contributed by atoms with E-state index < -0.39 is 10.0 Å². The average molecular weight is 425 g/mol. The number of ketones is 1. The number of benzene rings is 3. The normalized spacial score (nSPS) is 11.6. The second-order valence-electron chi connectivity index (χ2n) is 7.27. The van der Waals surface area contributed by atoms with Crippen LogP contribution in [-0.2, 0) is 21.4 Å². The predicted molar refractivity (Wildman–Crippen MR) is 117 cm³/mol. The van der Waals surface area contributed by atoms with Crippen LogP contribution in [-0.4, -0.2) is 50.0 Å². The third kappa shape index (κ3) is 4.75. The van der Waals surface area contributed by atoms with Crippen molar-refractivity contribution >= 4 is 32.5 Å². The van der Waals surface area contributed by atoms with Crippen LogP contribution in [0.3, 0.4) is 0 Å². The van der Waals surface area contributed by atoms with Gasteiger partial charge in [0.15, 0.2) is 5.78 Å². The summed E-state index contributed by atoms with van der Waals surface area (Å²) in [7, 11) is -0.814. The summed E-state index contributed by atoms with van der Waals surface area (Å²) in [6.07, 6.45) is 0. The van der Waals surface area contributed by atoms with Crippen LogP contribution in [0.15, 0.2) is 71.6 Å². The molecule has 0 spiro atoms. The minimum Gasteiger partial charge on any atom is -0.340 e. The van der Waals surface area contributed by atoms with Gasteiger partial charge in [-0.2, -0.15) is 4.31 Å². The van der Waals surface area contributed by atoms with E-state index in [0.29, 0.717) is 12.1 Å². The molecule has 6 nitrogen and oxygen atoms in total. The van der Waals surface area contributed by atoms with Gasteiger partial charge in [0.25, 0.3) is 0 Å². The molecule has 0 unspecified atom stereocenters. The maximum atomic E-state index is 12.7. The molecule has 7 heteroatoms. The van der Waals surface area contributed by atoms with E-state index in [1.807, 2.05) is 42.5 Å². The third-order valence-corrected chi connectivity index (χ3v) is 6.80. The van der Waals surface area contributed by atoms with E-state index in [1.165, 1.54) is 43.1 Å². The summed E-state index contributed by atoms with van der Waals surface area (Å²) >= 11 is 0. The second kappa shape index (κ2) is 8.77. The Morgan fingerprint density at radius 2 is 1.50 bits per heavy atom. The lowest BCUT2D eigenvalue weighted by Crippen LogP contribution is -2.39. The molecular formula is C23H24N2O4S. The van der Waals surface area contributed by atoms with Gasteiger partial charge in [-0.1, -0.05) is 48.5 Å². The van der Waals surface area contributed by atoms with E-state index in [-0.39, 0.29) is 23.1 Å². The van der Waals surface area contributed by atoms with E-state index >= 15 is 0 Å². The Hall–Kier alpha value is -3.03. The van der Waals surface area contributed by atoms with Crippen molar-refractivity contribution in [3.8, 4) is 0 Å². The summed E-state index contributed by atoms with van der Waals surface area (Å²) in [6, 6.07) is 19.7. The van der Waals surface area contributed by atoms with Crippen molar-refractivity contribution in [1.82, 2.24) is 9.21 Å². The van der Waals surface area contributed by atoms with Gasteiger partial charge in [-0.15, -0.1) is 0 Å². The first-order valence-electron chi connectivity index (χ1n) is 9.47. The van der Waals surface area contributed by atoms with E-state index in [2.05, 4.69) is 0 Å². The highest BCUT2D eigenvalue weighted by atomic mass is 32.2. The molecule has 0 bridgehead atoms. The fraction of sp³-hybridized carbons (Fsp3) is 0.217. The van der Waals surface area contributed by atoms with Crippen molar-refractivity contribution in [2.75, 3.05) is 20.6 Å².